The summed E-state index contributed by atoms with van der Waals surface area (Å²) in [6.07, 6.45) is 2.25. The minimum absolute atomic E-state index is 0.0248. The van der Waals surface area contributed by atoms with Crippen LogP contribution < -0.4 is 5.32 Å². The van der Waals surface area contributed by atoms with Gasteiger partial charge in [-0.3, -0.25) is 0 Å². The highest BCUT2D eigenvalue weighted by molar-refractivity contribution is 6.33. The Labute approximate surface area is 109 Å². The van der Waals surface area contributed by atoms with Gasteiger partial charge in [0.2, 0.25) is 0 Å². The summed E-state index contributed by atoms with van der Waals surface area (Å²) >= 11 is 5.87. The van der Waals surface area contributed by atoms with Crippen LogP contribution in [-0.2, 0) is 6.18 Å². The number of allylic oxidation sites excluding steroid dienone is 1. The third-order valence-corrected chi connectivity index (χ3v) is 3.22. The van der Waals surface area contributed by atoms with Crippen molar-refractivity contribution in [1.82, 2.24) is 0 Å². The number of nitrogens with one attached hydrogen (secondary N) is 1. The third-order valence-electron chi connectivity index (χ3n) is 2.90. The zero-order valence-electron chi connectivity index (χ0n) is 9.60. The van der Waals surface area contributed by atoms with Crippen molar-refractivity contribution >= 4 is 17.3 Å². The molecule has 1 aliphatic rings. The van der Waals surface area contributed by atoms with Gasteiger partial charge < -0.3 is 5.32 Å². The molecule has 0 fully saturated rings. The summed E-state index contributed by atoms with van der Waals surface area (Å²) in [4.78, 5) is 0. The fourth-order valence-corrected chi connectivity index (χ4v) is 2.25. The molecule has 1 aliphatic carbocycles. The number of hydrogen-bond acceptors (Lipinski definition) is 1. The van der Waals surface area contributed by atoms with Crippen molar-refractivity contribution in [2.75, 3.05) is 5.32 Å². The summed E-state index contributed by atoms with van der Waals surface area (Å²) in [7, 11) is 0. The minimum Gasteiger partial charge on any atom is -0.377 e. The Morgan fingerprint density at radius 3 is 2.67 bits per heavy atom. The molecule has 0 saturated heterocycles. The largest absolute Gasteiger partial charge is 0.418 e. The molecule has 1 N–H and O–H groups in total. The molecule has 98 valence electrons. The second-order valence-electron chi connectivity index (χ2n) is 4.27. The van der Waals surface area contributed by atoms with Crippen molar-refractivity contribution in [3.8, 4) is 0 Å². The van der Waals surface area contributed by atoms with Gasteiger partial charge in [-0.1, -0.05) is 29.8 Å². The molecule has 1 atom stereocenters. The molecule has 1 nitrogen and oxygen atoms in total. The fraction of sp³-hybridized carbons (Fsp3) is 0.385. The maximum Gasteiger partial charge on any atom is 0.418 e. The number of halogens is 4. The molecule has 0 aromatic heterocycles. The lowest BCUT2D eigenvalue weighted by molar-refractivity contribution is -0.137. The first-order valence-electron chi connectivity index (χ1n) is 5.77. The van der Waals surface area contributed by atoms with Crippen molar-refractivity contribution < 1.29 is 13.2 Å². The molecule has 0 saturated carbocycles. The molecule has 0 amide bonds. The standard InChI is InChI=1S/C13H13ClF3N/c14-11-8-4-7-10(13(15,16)17)12(11)18-9-5-2-1-3-6-9/h2,4-5,7-9,18H,1,3,6H2. The SMILES string of the molecule is FC(F)(F)c1cccc(Cl)c1NC1C=CCCC1. The zero-order chi connectivity index (χ0) is 13.2. The predicted molar refractivity (Wildman–Crippen MR) is 66.9 cm³/mol. The van der Waals surface area contributed by atoms with Gasteiger partial charge in [0.15, 0.2) is 0 Å². The van der Waals surface area contributed by atoms with E-state index in [1.807, 2.05) is 12.2 Å². The lowest BCUT2D eigenvalue weighted by atomic mass is 10.0. The van der Waals surface area contributed by atoms with E-state index in [9.17, 15) is 13.2 Å². The molecule has 0 heterocycles. The summed E-state index contributed by atoms with van der Waals surface area (Å²) in [5.41, 5.74) is -0.739. The maximum absolute atomic E-state index is 12.9. The lowest BCUT2D eigenvalue weighted by Crippen LogP contribution is -2.21. The van der Waals surface area contributed by atoms with E-state index in [1.165, 1.54) is 12.1 Å². The van der Waals surface area contributed by atoms with Crippen LogP contribution in [0.5, 0.6) is 0 Å². The van der Waals surface area contributed by atoms with Gasteiger partial charge in [0.05, 0.1) is 16.3 Å². The van der Waals surface area contributed by atoms with E-state index in [4.69, 9.17) is 11.6 Å². The van der Waals surface area contributed by atoms with Crippen molar-refractivity contribution in [1.29, 1.82) is 0 Å². The number of anilines is 1. The van der Waals surface area contributed by atoms with Gasteiger partial charge >= 0.3 is 6.18 Å². The molecule has 1 aromatic carbocycles. The molecule has 2 rings (SSSR count). The number of alkyl halides is 3. The molecule has 0 bridgehead atoms. The summed E-state index contributed by atoms with van der Waals surface area (Å²) in [5, 5.41) is 2.99. The Hall–Kier alpha value is -1.16. The number of para-hydroxylation sites is 1. The second kappa shape index (κ2) is 5.22. The first kappa shape index (κ1) is 13.3. The first-order chi connectivity index (χ1) is 8.48. The van der Waals surface area contributed by atoms with Gasteiger partial charge in [-0.25, -0.2) is 0 Å². The summed E-state index contributed by atoms with van der Waals surface area (Å²) in [6, 6.07) is 3.74. The average Bonchev–Trinajstić information content (AvgIpc) is 2.32. The Morgan fingerprint density at radius 2 is 2.06 bits per heavy atom. The van der Waals surface area contributed by atoms with Gasteiger partial charge in [0.25, 0.3) is 0 Å². The first-order valence-corrected chi connectivity index (χ1v) is 6.15. The van der Waals surface area contributed by atoms with Crippen LogP contribution in [0.25, 0.3) is 0 Å². The molecule has 0 aliphatic heterocycles. The zero-order valence-corrected chi connectivity index (χ0v) is 10.4. The second-order valence-corrected chi connectivity index (χ2v) is 4.68. The van der Waals surface area contributed by atoms with Gasteiger partial charge in [-0.05, 0) is 31.4 Å². The summed E-state index contributed by atoms with van der Waals surface area (Å²) in [5.74, 6) is 0. The number of benzene rings is 1. The maximum atomic E-state index is 12.9. The topological polar surface area (TPSA) is 12.0 Å². The molecule has 0 spiro atoms. The highest BCUT2D eigenvalue weighted by Crippen LogP contribution is 2.39. The van der Waals surface area contributed by atoms with E-state index in [-0.39, 0.29) is 16.8 Å². The molecule has 18 heavy (non-hydrogen) atoms. The Bertz CT molecular complexity index is 454. The quantitative estimate of drug-likeness (QED) is 0.759. The van der Waals surface area contributed by atoms with Crippen LogP contribution >= 0.6 is 11.6 Å². The van der Waals surface area contributed by atoms with Crippen molar-refractivity contribution in [3.05, 3.63) is 40.9 Å². The Balaban J connectivity index is 2.31. The van der Waals surface area contributed by atoms with Crippen LogP contribution in [0.2, 0.25) is 5.02 Å². The molecule has 5 heteroatoms. The Morgan fingerprint density at radius 1 is 1.28 bits per heavy atom. The van der Waals surface area contributed by atoms with E-state index in [2.05, 4.69) is 5.32 Å². The van der Waals surface area contributed by atoms with Gasteiger partial charge in [0.1, 0.15) is 0 Å². The number of hydrogen-bond donors (Lipinski definition) is 1. The van der Waals surface area contributed by atoms with Crippen molar-refractivity contribution in [3.63, 3.8) is 0 Å². The molecule has 1 unspecified atom stereocenters. The molecule has 0 radical (unpaired) electrons. The average molecular weight is 276 g/mol. The van der Waals surface area contributed by atoms with Crippen LogP contribution in [0.15, 0.2) is 30.4 Å². The van der Waals surface area contributed by atoms with Gasteiger partial charge in [0, 0.05) is 6.04 Å². The normalized spacial score (nSPS) is 19.9. The summed E-state index contributed by atoms with van der Waals surface area (Å²) < 4.78 is 38.6. The van der Waals surface area contributed by atoms with Crippen LogP contribution in [-0.4, -0.2) is 6.04 Å². The summed E-state index contributed by atoms with van der Waals surface area (Å²) in [6.45, 7) is 0. The van der Waals surface area contributed by atoms with Crippen LogP contribution in [0.4, 0.5) is 18.9 Å². The van der Waals surface area contributed by atoms with Crippen LogP contribution in [0, 0.1) is 0 Å². The van der Waals surface area contributed by atoms with Crippen LogP contribution in [0.3, 0.4) is 0 Å². The smallest absolute Gasteiger partial charge is 0.377 e. The predicted octanol–water partition coefficient (Wildman–Crippen LogP) is 4.88. The van der Waals surface area contributed by atoms with E-state index in [0.29, 0.717) is 0 Å². The van der Waals surface area contributed by atoms with Gasteiger partial charge in [-0.2, -0.15) is 13.2 Å². The van der Waals surface area contributed by atoms with Crippen molar-refractivity contribution in [2.45, 2.75) is 31.5 Å². The number of rotatable bonds is 2. The minimum atomic E-state index is -4.40. The highest BCUT2D eigenvalue weighted by atomic mass is 35.5. The van der Waals surface area contributed by atoms with Crippen LogP contribution in [0.1, 0.15) is 24.8 Å². The third kappa shape index (κ3) is 2.99. The van der Waals surface area contributed by atoms with E-state index >= 15 is 0 Å². The highest BCUT2D eigenvalue weighted by Gasteiger charge is 2.34. The molecular formula is C13H13ClF3N. The van der Waals surface area contributed by atoms with Crippen molar-refractivity contribution in [2.24, 2.45) is 0 Å². The van der Waals surface area contributed by atoms with E-state index in [0.717, 1.165) is 25.3 Å². The van der Waals surface area contributed by atoms with E-state index in [1.54, 1.807) is 0 Å². The van der Waals surface area contributed by atoms with E-state index < -0.39 is 11.7 Å². The molecule has 1 aromatic rings. The Kier molecular flexibility index (Phi) is 3.85. The monoisotopic (exact) mass is 275 g/mol. The molecular weight excluding hydrogens is 263 g/mol. The van der Waals surface area contributed by atoms with Gasteiger partial charge in [-0.15, -0.1) is 0 Å². The fourth-order valence-electron chi connectivity index (χ4n) is 2.03. The lowest BCUT2D eigenvalue weighted by Gasteiger charge is -2.22.